The van der Waals surface area contributed by atoms with Crippen LogP contribution in [-0.4, -0.2) is 37.2 Å². The Kier molecular flexibility index (Phi) is 3.99. The quantitative estimate of drug-likeness (QED) is 0.917. The Labute approximate surface area is 122 Å². The number of likely N-dealkylation sites (N-methyl/N-ethyl adjacent to an activating group) is 1. The van der Waals surface area contributed by atoms with Gasteiger partial charge in [0.2, 0.25) is 0 Å². The molecular weight excluding hydrogens is 248 g/mol. The van der Waals surface area contributed by atoms with E-state index >= 15 is 0 Å². The number of ether oxygens (including phenoxy) is 1. The molecule has 0 bridgehead atoms. The summed E-state index contributed by atoms with van der Waals surface area (Å²) in [5.74, 6) is 2.62. The van der Waals surface area contributed by atoms with E-state index in [2.05, 4.69) is 55.3 Å². The van der Waals surface area contributed by atoms with E-state index in [4.69, 9.17) is 4.74 Å². The number of hydrogen-bond acceptors (Lipinski definition) is 3. The van der Waals surface area contributed by atoms with E-state index in [0.29, 0.717) is 12.1 Å². The van der Waals surface area contributed by atoms with Crippen molar-refractivity contribution >= 4 is 0 Å². The van der Waals surface area contributed by atoms with Crippen LogP contribution < -0.4 is 10.1 Å². The van der Waals surface area contributed by atoms with Gasteiger partial charge in [-0.1, -0.05) is 39.0 Å². The molecule has 4 unspecified atom stereocenters. The summed E-state index contributed by atoms with van der Waals surface area (Å²) in [7, 11) is 0. The molecule has 1 aromatic rings. The number of para-hydroxylation sites is 1. The molecule has 1 saturated heterocycles. The Morgan fingerprint density at radius 2 is 1.90 bits per heavy atom. The van der Waals surface area contributed by atoms with E-state index in [1.807, 2.05) is 0 Å². The van der Waals surface area contributed by atoms with Crippen LogP contribution in [0.15, 0.2) is 24.3 Å². The van der Waals surface area contributed by atoms with Crippen LogP contribution in [-0.2, 0) is 0 Å². The molecule has 0 aliphatic carbocycles. The smallest absolute Gasteiger partial charge is 0.124 e. The van der Waals surface area contributed by atoms with Crippen LogP contribution in [0.2, 0.25) is 0 Å². The molecule has 20 heavy (non-hydrogen) atoms. The number of fused-ring (bicyclic) bond motifs is 1. The van der Waals surface area contributed by atoms with Crippen LogP contribution >= 0.6 is 0 Å². The van der Waals surface area contributed by atoms with Crippen LogP contribution in [0.25, 0.3) is 0 Å². The fraction of sp³-hybridized carbons (Fsp3) is 0.647. The van der Waals surface area contributed by atoms with E-state index in [9.17, 15) is 0 Å². The molecule has 1 N–H and O–H groups in total. The minimum absolute atomic E-state index is 0.391. The van der Waals surface area contributed by atoms with Crippen molar-refractivity contribution in [3.8, 4) is 5.75 Å². The summed E-state index contributed by atoms with van der Waals surface area (Å²) in [5, 5.41) is 3.68. The number of hydrogen-bond donors (Lipinski definition) is 1. The number of rotatable bonds is 3. The zero-order valence-corrected chi connectivity index (χ0v) is 12.8. The molecule has 4 atom stereocenters. The lowest BCUT2D eigenvalue weighted by Gasteiger charge is -2.39. The molecule has 3 nitrogen and oxygen atoms in total. The van der Waals surface area contributed by atoms with E-state index < -0.39 is 0 Å². The first kappa shape index (κ1) is 13.9. The van der Waals surface area contributed by atoms with E-state index in [-0.39, 0.29) is 0 Å². The highest BCUT2D eigenvalue weighted by atomic mass is 16.5. The largest absolute Gasteiger partial charge is 0.492 e. The van der Waals surface area contributed by atoms with Gasteiger partial charge in [-0.3, -0.25) is 4.90 Å². The lowest BCUT2D eigenvalue weighted by Crippen LogP contribution is -2.49. The molecule has 0 saturated carbocycles. The van der Waals surface area contributed by atoms with Crippen molar-refractivity contribution in [2.75, 3.05) is 26.2 Å². The molecule has 110 valence electrons. The second-order valence-corrected chi connectivity index (χ2v) is 6.36. The van der Waals surface area contributed by atoms with Gasteiger partial charge in [-0.2, -0.15) is 0 Å². The molecule has 3 heteroatoms. The Hall–Kier alpha value is -1.06. The number of nitrogens with zero attached hydrogens (tertiary/aromatic N) is 1. The first-order valence-electron chi connectivity index (χ1n) is 7.89. The summed E-state index contributed by atoms with van der Waals surface area (Å²) in [6, 6.07) is 9.31. The van der Waals surface area contributed by atoms with Gasteiger partial charge >= 0.3 is 0 Å². The monoisotopic (exact) mass is 274 g/mol. The van der Waals surface area contributed by atoms with Gasteiger partial charge in [0, 0.05) is 18.7 Å². The van der Waals surface area contributed by atoms with Crippen molar-refractivity contribution in [1.29, 1.82) is 0 Å². The minimum atomic E-state index is 0.391. The normalized spacial score (nSPS) is 33.8. The maximum absolute atomic E-state index is 6.01. The third-order valence-corrected chi connectivity index (χ3v) is 4.96. The van der Waals surface area contributed by atoms with Crippen molar-refractivity contribution in [2.45, 2.75) is 32.9 Å². The van der Waals surface area contributed by atoms with Crippen molar-refractivity contribution in [1.82, 2.24) is 10.2 Å². The number of nitrogens with one attached hydrogen (secondary N) is 1. The molecule has 0 amide bonds. The predicted octanol–water partition coefficient (Wildman–Crippen LogP) is 2.69. The average Bonchev–Trinajstić information content (AvgIpc) is 2.79. The highest BCUT2D eigenvalue weighted by Gasteiger charge is 2.38. The molecule has 2 aliphatic rings. The third kappa shape index (κ3) is 2.45. The van der Waals surface area contributed by atoms with Crippen LogP contribution in [0.5, 0.6) is 5.75 Å². The zero-order valence-electron chi connectivity index (χ0n) is 12.8. The van der Waals surface area contributed by atoms with Gasteiger partial charge in [-0.25, -0.2) is 0 Å². The van der Waals surface area contributed by atoms with E-state index in [1.54, 1.807) is 0 Å². The summed E-state index contributed by atoms with van der Waals surface area (Å²) < 4.78 is 6.01. The molecular formula is C17H26N2O. The van der Waals surface area contributed by atoms with Gasteiger partial charge in [-0.15, -0.1) is 0 Å². The van der Waals surface area contributed by atoms with Gasteiger partial charge in [0.15, 0.2) is 0 Å². The van der Waals surface area contributed by atoms with Crippen LogP contribution in [0.1, 0.15) is 32.4 Å². The predicted molar refractivity (Wildman–Crippen MR) is 82.0 cm³/mol. The summed E-state index contributed by atoms with van der Waals surface area (Å²) >= 11 is 0. The Morgan fingerprint density at radius 1 is 1.20 bits per heavy atom. The van der Waals surface area contributed by atoms with Gasteiger partial charge < -0.3 is 10.1 Å². The Bertz CT molecular complexity index is 452. The average molecular weight is 274 g/mol. The van der Waals surface area contributed by atoms with Crippen molar-refractivity contribution < 1.29 is 4.74 Å². The second-order valence-electron chi connectivity index (χ2n) is 6.36. The summed E-state index contributed by atoms with van der Waals surface area (Å²) in [6.07, 6.45) is 0. The highest BCUT2D eigenvalue weighted by molar-refractivity contribution is 5.38. The molecule has 2 aliphatic heterocycles. The van der Waals surface area contributed by atoms with E-state index in [1.165, 1.54) is 18.7 Å². The van der Waals surface area contributed by atoms with Crippen molar-refractivity contribution in [3.05, 3.63) is 29.8 Å². The summed E-state index contributed by atoms with van der Waals surface area (Å²) in [5.41, 5.74) is 1.32. The van der Waals surface area contributed by atoms with Crippen LogP contribution in [0, 0.1) is 11.8 Å². The van der Waals surface area contributed by atoms with Crippen LogP contribution in [0.3, 0.4) is 0 Å². The summed E-state index contributed by atoms with van der Waals surface area (Å²) in [4.78, 5) is 2.62. The van der Waals surface area contributed by atoms with Gasteiger partial charge in [0.25, 0.3) is 0 Å². The zero-order chi connectivity index (χ0) is 14.1. The first-order chi connectivity index (χ1) is 9.70. The fourth-order valence-electron chi connectivity index (χ4n) is 3.57. The number of benzene rings is 1. The lowest BCUT2D eigenvalue weighted by molar-refractivity contribution is 0.101. The second kappa shape index (κ2) is 5.74. The number of likely N-dealkylation sites (tertiary alicyclic amines) is 1. The molecule has 0 radical (unpaired) electrons. The Balaban J connectivity index is 1.85. The summed E-state index contributed by atoms with van der Waals surface area (Å²) in [6.45, 7) is 11.1. The lowest BCUT2D eigenvalue weighted by atomic mass is 9.95. The maximum atomic E-state index is 6.01. The third-order valence-electron chi connectivity index (χ3n) is 4.96. The minimum Gasteiger partial charge on any atom is -0.492 e. The van der Waals surface area contributed by atoms with Gasteiger partial charge in [-0.05, 0) is 24.4 Å². The maximum Gasteiger partial charge on any atom is 0.124 e. The standard InChI is InChI=1S/C17H26N2O/c1-4-18-17-14-7-5-6-8-16(14)20-11-15(17)19-9-12(2)13(3)10-19/h5-8,12-13,15,17-18H,4,9-11H2,1-3H3. The Morgan fingerprint density at radius 3 is 2.60 bits per heavy atom. The highest BCUT2D eigenvalue weighted by Crippen LogP contribution is 2.36. The van der Waals surface area contributed by atoms with E-state index in [0.717, 1.165) is 30.7 Å². The first-order valence-corrected chi connectivity index (χ1v) is 7.89. The molecule has 2 heterocycles. The molecule has 3 rings (SSSR count). The van der Waals surface area contributed by atoms with Crippen molar-refractivity contribution in [3.63, 3.8) is 0 Å². The SMILES string of the molecule is CCNC1c2ccccc2OCC1N1CC(C)C(C)C1. The van der Waals surface area contributed by atoms with Gasteiger partial charge in [0.05, 0.1) is 12.1 Å². The van der Waals surface area contributed by atoms with Crippen molar-refractivity contribution in [2.24, 2.45) is 11.8 Å². The van der Waals surface area contributed by atoms with Crippen LogP contribution in [0.4, 0.5) is 0 Å². The molecule has 1 fully saturated rings. The topological polar surface area (TPSA) is 24.5 Å². The van der Waals surface area contributed by atoms with Gasteiger partial charge in [0.1, 0.15) is 12.4 Å². The molecule has 0 spiro atoms. The molecule has 1 aromatic carbocycles. The molecule has 0 aromatic heterocycles. The fourth-order valence-corrected chi connectivity index (χ4v) is 3.57.